The zero-order chi connectivity index (χ0) is 15.5. The van der Waals surface area contributed by atoms with Crippen LogP contribution in [0.4, 0.5) is 0 Å². The molecule has 0 radical (unpaired) electrons. The second-order valence-corrected chi connectivity index (χ2v) is 7.54. The Bertz CT molecular complexity index is 689. The van der Waals surface area contributed by atoms with Gasteiger partial charge < -0.3 is 4.57 Å². The predicted molar refractivity (Wildman–Crippen MR) is 91.6 cm³/mol. The van der Waals surface area contributed by atoms with E-state index in [0.717, 1.165) is 49.2 Å². The third-order valence-electron chi connectivity index (χ3n) is 4.05. The number of nitrogens with zero attached hydrogens (tertiary/aromatic N) is 3. The van der Waals surface area contributed by atoms with Crippen molar-refractivity contribution < 1.29 is 0 Å². The molecule has 0 aliphatic carbocycles. The fourth-order valence-corrected chi connectivity index (χ4v) is 3.84. The zero-order valence-electron chi connectivity index (χ0n) is 12.7. The number of thiophene rings is 1. The Morgan fingerprint density at radius 2 is 1.77 bits per heavy atom. The number of aromatic nitrogens is 1. The van der Waals surface area contributed by atoms with Crippen LogP contribution in [0.3, 0.4) is 0 Å². The summed E-state index contributed by atoms with van der Waals surface area (Å²) in [5.41, 5.74) is 1.16. The molecule has 3 rings (SSSR count). The maximum Gasteiger partial charge on any atom is 0.250 e. The van der Waals surface area contributed by atoms with Crippen molar-refractivity contribution in [2.75, 3.05) is 26.2 Å². The van der Waals surface area contributed by atoms with Crippen molar-refractivity contribution in [1.29, 1.82) is 0 Å². The number of aryl methyl sites for hydroxylation is 1. The molecule has 1 saturated heterocycles. The molecule has 0 bridgehead atoms. The van der Waals surface area contributed by atoms with Gasteiger partial charge in [-0.3, -0.25) is 14.6 Å². The van der Waals surface area contributed by atoms with Crippen LogP contribution in [0.5, 0.6) is 0 Å². The summed E-state index contributed by atoms with van der Waals surface area (Å²) >= 11 is 7.64. The molecule has 0 amide bonds. The van der Waals surface area contributed by atoms with Gasteiger partial charge in [0, 0.05) is 63.5 Å². The fourth-order valence-electron chi connectivity index (χ4n) is 2.71. The van der Waals surface area contributed by atoms with Crippen molar-refractivity contribution in [3.63, 3.8) is 0 Å². The van der Waals surface area contributed by atoms with Gasteiger partial charge in [-0.25, -0.2) is 0 Å². The molecule has 0 N–H and O–H groups in total. The molecule has 4 nitrogen and oxygen atoms in total. The first-order valence-electron chi connectivity index (χ1n) is 7.44. The Kier molecular flexibility index (Phi) is 4.98. The van der Waals surface area contributed by atoms with Crippen molar-refractivity contribution in [2.24, 2.45) is 7.05 Å². The van der Waals surface area contributed by atoms with Gasteiger partial charge in [0.15, 0.2) is 0 Å². The van der Waals surface area contributed by atoms with Gasteiger partial charge in [-0.15, -0.1) is 11.3 Å². The van der Waals surface area contributed by atoms with E-state index in [4.69, 9.17) is 11.6 Å². The normalized spacial score (nSPS) is 17.0. The summed E-state index contributed by atoms with van der Waals surface area (Å²) in [5, 5.41) is 0. The van der Waals surface area contributed by atoms with E-state index in [-0.39, 0.29) is 5.56 Å². The van der Waals surface area contributed by atoms with Gasteiger partial charge in [-0.1, -0.05) is 11.6 Å². The van der Waals surface area contributed by atoms with E-state index in [1.165, 1.54) is 4.88 Å². The Morgan fingerprint density at radius 1 is 1.09 bits per heavy atom. The van der Waals surface area contributed by atoms with E-state index >= 15 is 0 Å². The Labute approximate surface area is 139 Å². The Hall–Kier alpha value is -1.14. The quantitative estimate of drug-likeness (QED) is 0.857. The number of piperazine rings is 1. The minimum atomic E-state index is 0.0608. The molecule has 1 aliphatic rings. The molecule has 2 aromatic rings. The zero-order valence-corrected chi connectivity index (χ0v) is 14.2. The van der Waals surface area contributed by atoms with Crippen molar-refractivity contribution in [2.45, 2.75) is 13.1 Å². The number of hydrogen-bond acceptors (Lipinski definition) is 4. The molecule has 0 spiro atoms. The topological polar surface area (TPSA) is 28.5 Å². The summed E-state index contributed by atoms with van der Waals surface area (Å²) in [6.07, 6.45) is 1.84. The van der Waals surface area contributed by atoms with Crippen LogP contribution >= 0.6 is 22.9 Å². The lowest BCUT2D eigenvalue weighted by molar-refractivity contribution is 0.123. The molecule has 22 heavy (non-hydrogen) atoms. The fraction of sp³-hybridized carbons (Fsp3) is 0.438. The highest BCUT2D eigenvalue weighted by Gasteiger charge is 2.17. The number of rotatable bonds is 4. The highest BCUT2D eigenvalue weighted by atomic mass is 35.5. The third kappa shape index (κ3) is 3.98. The van der Waals surface area contributed by atoms with E-state index in [9.17, 15) is 4.79 Å². The molecule has 2 aromatic heterocycles. The van der Waals surface area contributed by atoms with Crippen LogP contribution in [0.2, 0.25) is 4.34 Å². The third-order valence-corrected chi connectivity index (χ3v) is 5.26. The highest BCUT2D eigenvalue weighted by Crippen LogP contribution is 2.23. The first-order chi connectivity index (χ1) is 10.6. The number of pyridine rings is 1. The van der Waals surface area contributed by atoms with E-state index in [0.29, 0.717) is 0 Å². The van der Waals surface area contributed by atoms with Crippen molar-refractivity contribution >= 4 is 22.9 Å². The molecule has 0 saturated carbocycles. The summed E-state index contributed by atoms with van der Waals surface area (Å²) in [7, 11) is 1.78. The van der Waals surface area contributed by atoms with Crippen molar-refractivity contribution in [3.05, 3.63) is 55.6 Å². The molecule has 3 heterocycles. The van der Waals surface area contributed by atoms with Crippen LogP contribution < -0.4 is 5.56 Å². The highest BCUT2D eigenvalue weighted by molar-refractivity contribution is 7.16. The smallest absolute Gasteiger partial charge is 0.250 e. The number of hydrogen-bond donors (Lipinski definition) is 0. The summed E-state index contributed by atoms with van der Waals surface area (Å²) in [6.45, 7) is 6.02. The largest absolute Gasteiger partial charge is 0.319 e. The number of halogens is 1. The monoisotopic (exact) mass is 337 g/mol. The SMILES string of the molecule is Cn1ccc(CN2CCN(Cc3ccc(Cl)s3)CC2)cc1=O. The standard InChI is InChI=1S/C16H20ClN3OS/c1-18-5-4-13(10-16(18)21)11-19-6-8-20(9-7-19)12-14-2-3-15(17)22-14/h2-5,10H,6-9,11-12H2,1H3. The van der Waals surface area contributed by atoms with Crippen molar-refractivity contribution in [3.8, 4) is 0 Å². The van der Waals surface area contributed by atoms with E-state index < -0.39 is 0 Å². The van der Waals surface area contributed by atoms with Gasteiger partial charge in [-0.05, 0) is 23.8 Å². The van der Waals surface area contributed by atoms with Gasteiger partial charge >= 0.3 is 0 Å². The minimum Gasteiger partial charge on any atom is -0.319 e. The summed E-state index contributed by atoms with van der Waals surface area (Å²) in [6, 6.07) is 7.84. The second kappa shape index (κ2) is 6.96. The average Bonchev–Trinajstić information content (AvgIpc) is 2.90. The average molecular weight is 338 g/mol. The van der Waals surface area contributed by atoms with E-state index in [1.54, 1.807) is 29.0 Å². The van der Waals surface area contributed by atoms with Crippen LogP contribution in [-0.4, -0.2) is 40.5 Å². The minimum absolute atomic E-state index is 0.0608. The van der Waals surface area contributed by atoms with Crippen LogP contribution in [0.25, 0.3) is 0 Å². The maximum atomic E-state index is 11.7. The Balaban J connectivity index is 1.51. The molecule has 0 atom stereocenters. The molecule has 0 unspecified atom stereocenters. The van der Waals surface area contributed by atoms with E-state index in [1.807, 2.05) is 18.3 Å². The first kappa shape index (κ1) is 15.7. The second-order valence-electron chi connectivity index (χ2n) is 5.74. The van der Waals surface area contributed by atoms with Gasteiger partial charge in [0.25, 0.3) is 5.56 Å². The predicted octanol–water partition coefficient (Wildman–Crippen LogP) is 2.42. The molecular weight excluding hydrogens is 318 g/mol. The van der Waals surface area contributed by atoms with Gasteiger partial charge in [0.05, 0.1) is 4.34 Å². The van der Waals surface area contributed by atoms with Gasteiger partial charge in [-0.2, -0.15) is 0 Å². The lowest BCUT2D eigenvalue weighted by Crippen LogP contribution is -2.45. The van der Waals surface area contributed by atoms with Crippen LogP contribution in [0.15, 0.2) is 35.3 Å². The summed E-state index contributed by atoms with van der Waals surface area (Å²) in [4.78, 5) is 17.9. The van der Waals surface area contributed by atoms with Crippen LogP contribution in [-0.2, 0) is 20.1 Å². The van der Waals surface area contributed by atoms with Crippen molar-refractivity contribution in [1.82, 2.24) is 14.4 Å². The molecule has 0 aromatic carbocycles. The van der Waals surface area contributed by atoms with E-state index in [2.05, 4.69) is 15.9 Å². The Morgan fingerprint density at radius 3 is 2.36 bits per heavy atom. The molecule has 1 fully saturated rings. The maximum absolute atomic E-state index is 11.7. The molecule has 118 valence electrons. The molecule has 6 heteroatoms. The molecular formula is C16H20ClN3OS. The van der Waals surface area contributed by atoms with Crippen LogP contribution in [0, 0.1) is 0 Å². The lowest BCUT2D eigenvalue weighted by atomic mass is 10.2. The van der Waals surface area contributed by atoms with Gasteiger partial charge in [0.1, 0.15) is 0 Å². The first-order valence-corrected chi connectivity index (χ1v) is 8.64. The molecule has 1 aliphatic heterocycles. The summed E-state index contributed by atoms with van der Waals surface area (Å²) < 4.78 is 2.47. The lowest BCUT2D eigenvalue weighted by Gasteiger charge is -2.34. The summed E-state index contributed by atoms with van der Waals surface area (Å²) in [5.74, 6) is 0. The van der Waals surface area contributed by atoms with Gasteiger partial charge in [0.2, 0.25) is 0 Å². The van der Waals surface area contributed by atoms with Crippen LogP contribution in [0.1, 0.15) is 10.4 Å².